The van der Waals surface area contributed by atoms with Crippen LogP contribution in [0.25, 0.3) is 11.1 Å². The van der Waals surface area contributed by atoms with Crippen molar-refractivity contribution >= 4 is 18.0 Å². The SMILES string of the molecule is CC(NC(=O)OCC1c2ccccc2-c2ccccc21)C(C)C(=O)NCc1ccc(C(=O)O)cc1. The third kappa shape index (κ3) is 5.35. The molecule has 0 spiro atoms. The molecule has 0 heterocycles. The first-order valence-electron chi connectivity index (χ1n) is 11.6. The van der Waals surface area contributed by atoms with E-state index in [1.807, 2.05) is 24.3 Å². The number of fused-ring (bicyclic) bond motifs is 3. The van der Waals surface area contributed by atoms with Crippen LogP contribution in [0.1, 0.15) is 46.8 Å². The molecule has 3 aromatic carbocycles. The first kappa shape index (κ1) is 24.0. The smallest absolute Gasteiger partial charge is 0.407 e. The summed E-state index contributed by atoms with van der Waals surface area (Å²) in [5, 5.41) is 14.6. The first-order chi connectivity index (χ1) is 16.8. The number of hydrogen-bond donors (Lipinski definition) is 3. The number of ether oxygens (including phenoxy) is 1. The summed E-state index contributed by atoms with van der Waals surface area (Å²) >= 11 is 0. The number of rotatable bonds is 8. The van der Waals surface area contributed by atoms with Crippen molar-refractivity contribution in [2.45, 2.75) is 32.4 Å². The van der Waals surface area contributed by atoms with E-state index in [1.165, 1.54) is 12.1 Å². The third-order valence-corrected chi connectivity index (χ3v) is 6.52. The molecule has 0 saturated carbocycles. The molecule has 35 heavy (non-hydrogen) atoms. The van der Waals surface area contributed by atoms with Crippen LogP contribution in [-0.2, 0) is 16.1 Å². The van der Waals surface area contributed by atoms with Crippen LogP contribution in [0.3, 0.4) is 0 Å². The highest BCUT2D eigenvalue weighted by Crippen LogP contribution is 2.44. The van der Waals surface area contributed by atoms with E-state index in [9.17, 15) is 14.4 Å². The van der Waals surface area contributed by atoms with Gasteiger partial charge in [0.05, 0.1) is 11.5 Å². The lowest BCUT2D eigenvalue weighted by molar-refractivity contribution is -0.125. The normalized spacial score (nSPS) is 13.8. The molecule has 3 N–H and O–H groups in total. The number of nitrogens with one attached hydrogen (secondary N) is 2. The Morgan fingerprint density at radius 2 is 1.46 bits per heavy atom. The molecule has 3 aromatic rings. The van der Waals surface area contributed by atoms with Gasteiger partial charge in [0.1, 0.15) is 6.61 Å². The molecular weight excluding hydrogens is 444 g/mol. The Bertz CT molecular complexity index is 1190. The molecule has 7 heteroatoms. The number of aromatic carboxylic acids is 1. The van der Waals surface area contributed by atoms with Crippen LogP contribution < -0.4 is 10.6 Å². The van der Waals surface area contributed by atoms with Gasteiger partial charge < -0.3 is 20.5 Å². The fraction of sp³-hybridized carbons (Fsp3) is 0.250. The van der Waals surface area contributed by atoms with Gasteiger partial charge in [-0.2, -0.15) is 0 Å². The second-order valence-electron chi connectivity index (χ2n) is 8.77. The zero-order chi connectivity index (χ0) is 24.9. The fourth-order valence-corrected chi connectivity index (χ4v) is 4.29. The van der Waals surface area contributed by atoms with Crippen LogP contribution >= 0.6 is 0 Å². The molecule has 4 rings (SSSR count). The molecule has 2 unspecified atom stereocenters. The maximum atomic E-state index is 12.6. The highest BCUT2D eigenvalue weighted by molar-refractivity contribution is 5.87. The first-order valence-corrected chi connectivity index (χ1v) is 11.6. The Labute approximate surface area is 204 Å². The van der Waals surface area contributed by atoms with Crippen LogP contribution in [0.4, 0.5) is 4.79 Å². The minimum atomic E-state index is -0.998. The lowest BCUT2D eigenvalue weighted by atomic mass is 9.98. The molecule has 0 aliphatic heterocycles. The van der Waals surface area contributed by atoms with Gasteiger partial charge in [0.25, 0.3) is 0 Å². The molecule has 7 nitrogen and oxygen atoms in total. The van der Waals surface area contributed by atoms with E-state index in [4.69, 9.17) is 9.84 Å². The van der Waals surface area contributed by atoms with E-state index >= 15 is 0 Å². The van der Waals surface area contributed by atoms with E-state index in [0.29, 0.717) is 0 Å². The molecule has 0 aromatic heterocycles. The molecular formula is C28H28N2O5. The van der Waals surface area contributed by atoms with Gasteiger partial charge in [-0.15, -0.1) is 0 Å². The van der Waals surface area contributed by atoms with Crippen molar-refractivity contribution in [1.82, 2.24) is 10.6 Å². The second-order valence-corrected chi connectivity index (χ2v) is 8.77. The number of carboxylic acid groups (broad SMARTS) is 1. The Hall–Kier alpha value is -4.13. The molecule has 1 aliphatic carbocycles. The van der Waals surface area contributed by atoms with Crippen molar-refractivity contribution in [3.8, 4) is 11.1 Å². The van der Waals surface area contributed by atoms with E-state index in [-0.39, 0.29) is 30.5 Å². The molecule has 1 aliphatic rings. The summed E-state index contributed by atoms with van der Waals surface area (Å²) in [5.41, 5.74) is 5.57. The molecule has 0 fully saturated rings. The van der Waals surface area contributed by atoms with Gasteiger partial charge in [-0.3, -0.25) is 4.79 Å². The maximum absolute atomic E-state index is 12.6. The zero-order valence-electron chi connectivity index (χ0n) is 19.7. The van der Waals surface area contributed by atoms with Gasteiger partial charge in [-0.1, -0.05) is 67.6 Å². The van der Waals surface area contributed by atoms with Crippen molar-refractivity contribution in [3.05, 3.63) is 95.1 Å². The number of amides is 2. The number of benzene rings is 3. The summed E-state index contributed by atoms with van der Waals surface area (Å²) in [4.78, 5) is 36.0. The molecule has 0 saturated heterocycles. The van der Waals surface area contributed by atoms with Crippen molar-refractivity contribution in [1.29, 1.82) is 0 Å². The molecule has 2 atom stereocenters. The van der Waals surface area contributed by atoms with Gasteiger partial charge in [0, 0.05) is 18.5 Å². The Kier molecular flexibility index (Phi) is 7.15. The second kappa shape index (κ2) is 10.4. The summed E-state index contributed by atoms with van der Waals surface area (Å²) in [7, 11) is 0. The molecule has 2 amide bonds. The van der Waals surface area contributed by atoms with Crippen molar-refractivity contribution in [3.63, 3.8) is 0 Å². The van der Waals surface area contributed by atoms with Crippen LogP contribution in [0.2, 0.25) is 0 Å². The summed E-state index contributed by atoms with van der Waals surface area (Å²) in [6.07, 6.45) is -0.566. The third-order valence-electron chi connectivity index (χ3n) is 6.52. The number of hydrogen-bond acceptors (Lipinski definition) is 4. The fourth-order valence-electron chi connectivity index (χ4n) is 4.29. The van der Waals surface area contributed by atoms with Crippen LogP contribution in [0, 0.1) is 5.92 Å². The monoisotopic (exact) mass is 472 g/mol. The Morgan fingerprint density at radius 1 is 0.886 bits per heavy atom. The zero-order valence-corrected chi connectivity index (χ0v) is 19.7. The minimum Gasteiger partial charge on any atom is -0.478 e. The van der Waals surface area contributed by atoms with Crippen LogP contribution in [0.5, 0.6) is 0 Å². The topological polar surface area (TPSA) is 105 Å². The van der Waals surface area contributed by atoms with Crippen molar-refractivity contribution < 1.29 is 24.2 Å². The highest BCUT2D eigenvalue weighted by atomic mass is 16.5. The van der Waals surface area contributed by atoms with Crippen LogP contribution in [0.15, 0.2) is 72.8 Å². The standard InChI is InChI=1S/C28H28N2O5/c1-17(26(31)29-15-19-11-13-20(14-12-19)27(32)33)18(2)30-28(34)35-16-25-23-9-5-3-7-21(23)22-8-4-6-10-24(22)25/h3-14,17-18,25H,15-16H2,1-2H3,(H,29,31)(H,30,34)(H,32,33). The quantitative estimate of drug-likeness (QED) is 0.446. The Morgan fingerprint density at radius 3 is 2.03 bits per heavy atom. The molecule has 180 valence electrons. The van der Waals surface area contributed by atoms with E-state index in [0.717, 1.165) is 27.8 Å². The molecule has 0 radical (unpaired) electrons. The number of carbonyl (C=O) groups is 3. The predicted molar refractivity (Wildman–Crippen MR) is 132 cm³/mol. The van der Waals surface area contributed by atoms with Crippen molar-refractivity contribution in [2.75, 3.05) is 6.61 Å². The van der Waals surface area contributed by atoms with Gasteiger partial charge >= 0.3 is 12.1 Å². The van der Waals surface area contributed by atoms with E-state index in [1.54, 1.807) is 26.0 Å². The maximum Gasteiger partial charge on any atom is 0.407 e. The largest absolute Gasteiger partial charge is 0.478 e. The number of alkyl carbamates (subject to hydrolysis) is 1. The lowest BCUT2D eigenvalue weighted by Crippen LogP contribution is -2.44. The summed E-state index contributed by atoms with van der Waals surface area (Å²) in [5.74, 6) is -1.74. The highest BCUT2D eigenvalue weighted by Gasteiger charge is 2.29. The summed E-state index contributed by atoms with van der Waals surface area (Å²) < 4.78 is 5.57. The lowest BCUT2D eigenvalue weighted by Gasteiger charge is -2.21. The van der Waals surface area contributed by atoms with Gasteiger partial charge in [0.2, 0.25) is 5.91 Å². The summed E-state index contributed by atoms with van der Waals surface area (Å²) in [6, 6.07) is 22.1. The Balaban J connectivity index is 1.28. The predicted octanol–water partition coefficient (Wildman–Crippen LogP) is 4.56. The van der Waals surface area contributed by atoms with Gasteiger partial charge in [0.15, 0.2) is 0 Å². The molecule has 0 bridgehead atoms. The average Bonchev–Trinajstić information content (AvgIpc) is 3.19. The summed E-state index contributed by atoms with van der Waals surface area (Å²) in [6.45, 7) is 3.96. The van der Waals surface area contributed by atoms with Gasteiger partial charge in [-0.05, 0) is 46.9 Å². The number of carbonyl (C=O) groups excluding carboxylic acids is 2. The van der Waals surface area contributed by atoms with Gasteiger partial charge in [-0.25, -0.2) is 9.59 Å². The van der Waals surface area contributed by atoms with Crippen LogP contribution in [-0.4, -0.2) is 35.7 Å². The van der Waals surface area contributed by atoms with Crippen molar-refractivity contribution in [2.24, 2.45) is 5.92 Å². The van der Waals surface area contributed by atoms with E-state index in [2.05, 4.69) is 34.9 Å². The average molecular weight is 473 g/mol. The van der Waals surface area contributed by atoms with E-state index < -0.39 is 24.0 Å². The number of carboxylic acids is 1. The minimum absolute atomic E-state index is 0.0308.